The highest BCUT2D eigenvalue weighted by atomic mass is 16.5. The molecular weight excluding hydrogens is 302 g/mol. The number of hydrogen-bond acceptors (Lipinski definition) is 3. The lowest BCUT2D eigenvalue weighted by Gasteiger charge is -2.11. The summed E-state index contributed by atoms with van der Waals surface area (Å²) >= 11 is 0. The first kappa shape index (κ1) is 16.5. The second-order valence-electron chi connectivity index (χ2n) is 5.96. The number of ether oxygens (including phenoxy) is 2. The fourth-order valence-electron chi connectivity index (χ4n) is 2.72. The molecule has 1 heterocycles. The summed E-state index contributed by atoms with van der Waals surface area (Å²) in [6.45, 7) is 1.89. The van der Waals surface area contributed by atoms with Crippen molar-refractivity contribution in [2.45, 2.75) is 32.0 Å². The minimum absolute atomic E-state index is 0.00955. The Morgan fingerprint density at radius 3 is 2.58 bits per heavy atom. The summed E-state index contributed by atoms with van der Waals surface area (Å²) in [5.74, 6) is 0.862. The van der Waals surface area contributed by atoms with Crippen molar-refractivity contribution in [3.8, 4) is 5.75 Å². The molecule has 1 fully saturated rings. The van der Waals surface area contributed by atoms with Gasteiger partial charge in [-0.15, -0.1) is 0 Å². The van der Waals surface area contributed by atoms with E-state index in [1.54, 1.807) is 0 Å². The lowest BCUT2D eigenvalue weighted by Crippen LogP contribution is -2.35. The average Bonchev–Trinajstić information content (AvgIpc) is 3.17. The van der Waals surface area contributed by atoms with Gasteiger partial charge < -0.3 is 14.8 Å². The first-order valence-electron chi connectivity index (χ1n) is 8.46. The van der Waals surface area contributed by atoms with Gasteiger partial charge in [-0.2, -0.15) is 0 Å². The van der Waals surface area contributed by atoms with Crippen molar-refractivity contribution in [3.63, 3.8) is 0 Å². The molecule has 0 bridgehead atoms. The number of carbonyl (C=O) groups excluding carboxylic acids is 1. The molecule has 2 aromatic carbocycles. The van der Waals surface area contributed by atoms with Gasteiger partial charge in [-0.3, -0.25) is 4.79 Å². The predicted octanol–water partition coefficient (Wildman–Crippen LogP) is 3.10. The quantitative estimate of drug-likeness (QED) is 0.851. The van der Waals surface area contributed by atoms with E-state index in [-0.39, 0.29) is 12.0 Å². The largest absolute Gasteiger partial charge is 0.489 e. The van der Waals surface area contributed by atoms with Crippen LogP contribution in [0.15, 0.2) is 54.6 Å². The molecule has 0 saturated carbocycles. The minimum atomic E-state index is -0.251. The van der Waals surface area contributed by atoms with Crippen LogP contribution in [0.1, 0.15) is 24.0 Å². The Hall–Kier alpha value is -2.33. The van der Waals surface area contributed by atoms with Crippen molar-refractivity contribution in [3.05, 3.63) is 65.7 Å². The van der Waals surface area contributed by atoms with Crippen molar-refractivity contribution >= 4 is 5.91 Å². The molecule has 1 aliphatic rings. The average molecular weight is 325 g/mol. The summed E-state index contributed by atoms with van der Waals surface area (Å²) in [5.41, 5.74) is 2.33. The number of amides is 1. The fourth-order valence-corrected chi connectivity index (χ4v) is 2.72. The number of hydrogen-bond donors (Lipinski definition) is 1. The highest BCUT2D eigenvalue weighted by Gasteiger charge is 2.22. The van der Waals surface area contributed by atoms with Crippen LogP contribution >= 0.6 is 0 Å². The topological polar surface area (TPSA) is 47.6 Å². The monoisotopic (exact) mass is 325 g/mol. The maximum atomic E-state index is 11.9. The molecule has 3 rings (SSSR count). The van der Waals surface area contributed by atoms with E-state index in [9.17, 15) is 4.79 Å². The van der Waals surface area contributed by atoms with Gasteiger partial charge in [0.2, 0.25) is 5.91 Å². The zero-order valence-corrected chi connectivity index (χ0v) is 13.7. The van der Waals surface area contributed by atoms with Crippen molar-refractivity contribution < 1.29 is 14.3 Å². The second-order valence-corrected chi connectivity index (χ2v) is 5.96. The van der Waals surface area contributed by atoms with Crippen LogP contribution in [0.25, 0.3) is 0 Å². The predicted molar refractivity (Wildman–Crippen MR) is 92.9 cm³/mol. The van der Waals surface area contributed by atoms with Crippen LogP contribution in [0.3, 0.4) is 0 Å². The molecule has 4 heteroatoms. The highest BCUT2D eigenvalue weighted by Crippen LogP contribution is 2.15. The van der Waals surface area contributed by atoms with Crippen LogP contribution in [0.2, 0.25) is 0 Å². The van der Waals surface area contributed by atoms with Gasteiger partial charge >= 0.3 is 0 Å². The fraction of sp³-hybridized carbons (Fsp3) is 0.350. The van der Waals surface area contributed by atoms with Gasteiger partial charge in [0.25, 0.3) is 0 Å². The van der Waals surface area contributed by atoms with Crippen LogP contribution in [-0.4, -0.2) is 25.2 Å². The Morgan fingerprint density at radius 1 is 1.08 bits per heavy atom. The molecule has 4 nitrogen and oxygen atoms in total. The van der Waals surface area contributed by atoms with E-state index in [0.717, 1.165) is 30.6 Å². The summed E-state index contributed by atoms with van der Waals surface area (Å²) in [6.07, 6.45) is 2.36. The maximum Gasteiger partial charge on any atom is 0.249 e. The lowest BCUT2D eigenvalue weighted by molar-refractivity contribution is -0.129. The number of benzene rings is 2. The van der Waals surface area contributed by atoms with E-state index < -0.39 is 0 Å². The van der Waals surface area contributed by atoms with Gasteiger partial charge in [0.05, 0.1) is 0 Å². The van der Waals surface area contributed by atoms with E-state index in [2.05, 4.69) is 5.32 Å². The molecule has 0 spiro atoms. The molecule has 0 radical (unpaired) electrons. The molecule has 1 amide bonds. The molecule has 126 valence electrons. The van der Waals surface area contributed by atoms with Crippen LogP contribution in [0, 0.1) is 0 Å². The third kappa shape index (κ3) is 4.83. The molecule has 1 unspecified atom stereocenters. The minimum Gasteiger partial charge on any atom is -0.489 e. The third-order valence-electron chi connectivity index (χ3n) is 4.11. The molecule has 0 aliphatic carbocycles. The van der Waals surface area contributed by atoms with Gasteiger partial charge in [0, 0.05) is 13.2 Å². The third-order valence-corrected chi connectivity index (χ3v) is 4.11. The SMILES string of the molecule is O=C(NCCc1ccc(OCc2ccccc2)cc1)C1CCCO1. The Labute approximate surface area is 142 Å². The zero-order chi connectivity index (χ0) is 16.6. The van der Waals surface area contributed by atoms with E-state index in [4.69, 9.17) is 9.47 Å². The number of rotatable bonds is 7. The Morgan fingerprint density at radius 2 is 1.88 bits per heavy atom. The van der Waals surface area contributed by atoms with Gasteiger partial charge in [-0.05, 0) is 42.5 Å². The normalized spacial score (nSPS) is 16.8. The molecular formula is C20H23NO3. The molecule has 24 heavy (non-hydrogen) atoms. The summed E-state index contributed by atoms with van der Waals surface area (Å²) < 4.78 is 11.1. The van der Waals surface area contributed by atoms with Crippen LogP contribution < -0.4 is 10.1 Å². The van der Waals surface area contributed by atoms with Gasteiger partial charge in [-0.1, -0.05) is 42.5 Å². The summed E-state index contributed by atoms with van der Waals surface area (Å²) in [7, 11) is 0. The number of nitrogens with one attached hydrogen (secondary N) is 1. The summed E-state index contributed by atoms with van der Waals surface area (Å²) in [6, 6.07) is 18.1. The molecule has 1 atom stereocenters. The van der Waals surface area contributed by atoms with E-state index in [1.165, 1.54) is 5.56 Å². The Kier molecular flexibility index (Phi) is 5.85. The van der Waals surface area contributed by atoms with Crippen molar-refractivity contribution in [1.82, 2.24) is 5.32 Å². The smallest absolute Gasteiger partial charge is 0.249 e. The van der Waals surface area contributed by atoms with Crippen LogP contribution in [0.4, 0.5) is 0 Å². The van der Waals surface area contributed by atoms with Crippen molar-refractivity contribution in [1.29, 1.82) is 0 Å². The molecule has 1 aliphatic heterocycles. The molecule has 1 N–H and O–H groups in total. The summed E-state index contributed by atoms with van der Waals surface area (Å²) in [5, 5.41) is 2.94. The lowest BCUT2D eigenvalue weighted by atomic mass is 10.1. The van der Waals surface area contributed by atoms with E-state index in [1.807, 2.05) is 54.6 Å². The Bertz CT molecular complexity index is 634. The summed E-state index contributed by atoms with van der Waals surface area (Å²) in [4.78, 5) is 11.9. The highest BCUT2D eigenvalue weighted by molar-refractivity contribution is 5.80. The van der Waals surface area contributed by atoms with Crippen molar-refractivity contribution in [2.75, 3.05) is 13.2 Å². The zero-order valence-electron chi connectivity index (χ0n) is 13.7. The van der Waals surface area contributed by atoms with Crippen LogP contribution in [0.5, 0.6) is 5.75 Å². The number of carbonyl (C=O) groups is 1. The van der Waals surface area contributed by atoms with Gasteiger partial charge in [0.15, 0.2) is 0 Å². The molecule has 2 aromatic rings. The van der Waals surface area contributed by atoms with Gasteiger partial charge in [0.1, 0.15) is 18.5 Å². The van der Waals surface area contributed by atoms with E-state index >= 15 is 0 Å². The standard InChI is InChI=1S/C20H23NO3/c22-20(19-7-4-14-23-19)21-13-12-16-8-10-18(11-9-16)24-15-17-5-2-1-3-6-17/h1-3,5-6,8-11,19H,4,7,12-15H2,(H,21,22). The van der Waals surface area contributed by atoms with Crippen molar-refractivity contribution in [2.24, 2.45) is 0 Å². The maximum absolute atomic E-state index is 11.9. The second kappa shape index (κ2) is 8.50. The molecule has 0 aromatic heterocycles. The van der Waals surface area contributed by atoms with E-state index in [0.29, 0.717) is 19.8 Å². The van der Waals surface area contributed by atoms with Gasteiger partial charge in [-0.25, -0.2) is 0 Å². The first-order chi connectivity index (χ1) is 11.8. The molecule has 1 saturated heterocycles. The first-order valence-corrected chi connectivity index (χ1v) is 8.46. The van der Waals surface area contributed by atoms with Crippen LogP contribution in [-0.2, 0) is 22.6 Å². The Balaban J connectivity index is 1.40.